The number of nitrogens with zero attached hydrogens (tertiary/aromatic N) is 3. The van der Waals surface area contributed by atoms with Crippen molar-refractivity contribution in [2.45, 2.75) is 31.6 Å². The van der Waals surface area contributed by atoms with Crippen LogP contribution in [0, 0.1) is 0 Å². The molecule has 2 aromatic carbocycles. The number of aromatic amines is 1. The summed E-state index contributed by atoms with van der Waals surface area (Å²) in [7, 11) is 0. The number of carbonyl (C=O) groups is 2. The lowest BCUT2D eigenvalue weighted by Crippen LogP contribution is -2.43. The van der Waals surface area contributed by atoms with Gasteiger partial charge in [0.2, 0.25) is 5.95 Å². The molecule has 2 atom stereocenters. The molecule has 0 unspecified atom stereocenters. The van der Waals surface area contributed by atoms with Gasteiger partial charge >= 0.3 is 0 Å². The molecule has 3 N–H and O–H groups in total. The molecule has 4 heterocycles. The Morgan fingerprint density at radius 2 is 1.85 bits per heavy atom. The number of amides is 2. The Morgan fingerprint density at radius 1 is 1.05 bits per heavy atom. The summed E-state index contributed by atoms with van der Waals surface area (Å²) < 4.78 is 5.87. The van der Waals surface area contributed by atoms with Gasteiger partial charge in [-0.25, -0.2) is 4.98 Å². The van der Waals surface area contributed by atoms with Crippen LogP contribution in [0.2, 0.25) is 10.0 Å². The Morgan fingerprint density at radius 3 is 2.62 bits per heavy atom. The quantitative estimate of drug-likeness (QED) is 0.313. The third-order valence-electron chi connectivity index (χ3n) is 6.97. The summed E-state index contributed by atoms with van der Waals surface area (Å²) in [5, 5.41) is 6.73. The third-order valence-corrected chi connectivity index (χ3v) is 7.54. The molecule has 2 saturated heterocycles. The Labute approximate surface area is 238 Å². The first-order valence-electron chi connectivity index (χ1n) is 12.8. The molecule has 6 rings (SSSR count). The zero-order valence-electron chi connectivity index (χ0n) is 21.1. The first-order valence-corrected chi connectivity index (χ1v) is 13.5. The molecule has 0 radical (unpaired) electrons. The molecule has 12 heteroatoms. The second-order valence-corrected chi connectivity index (χ2v) is 10.7. The average molecular weight is 579 g/mol. The minimum Gasteiger partial charge on any atom is -0.371 e. The number of anilines is 2. The fourth-order valence-electron chi connectivity index (χ4n) is 4.97. The molecule has 2 aliphatic heterocycles. The Balaban J connectivity index is 1.18. The van der Waals surface area contributed by atoms with Crippen molar-refractivity contribution in [3.63, 3.8) is 0 Å². The van der Waals surface area contributed by atoms with Crippen molar-refractivity contribution in [3.05, 3.63) is 91.8 Å². The topological polar surface area (TPSA) is 129 Å². The van der Waals surface area contributed by atoms with Gasteiger partial charge < -0.3 is 25.3 Å². The van der Waals surface area contributed by atoms with E-state index in [2.05, 4.69) is 30.5 Å². The predicted molar refractivity (Wildman–Crippen MR) is 152 cm³/mol. The number of carbonyl (C=O) groups excluding carboxylic acids is 2. The van der Waals surface area contributed by atoms with Crippen LogP contribution in [0.1, 0.15) is 39.1 Å². The Kier molecular flexibility index (Phi) is 7.14. The molecule has 0 saturated carbocycles. The van der Waals surface area contributed by atoms with Gasteiger partial charge in [0, 0.05) is 41.8 Å². The number of nitrogens with one attached hydrogen (secondary N) is 3. The molecule has 204 valence electrons. The smallest absolute Gasteiger partial charge is 0.262 e. The molecule has 2 aliphatic rings. The molecule has 10 nitrogen and oxygen atoms in total. The largest absolute Gasteiger partial charge is 0.371 e. The fraction of sp³-hybridized carbons (Fsp3) is 0.250. The predicted octanol–water partition coefficient (Wildman–Crippen LogP) is 4.17. The number of benzene rings is 2. The molecule has 2 bridgehead atoms. The number of hydrogen-bond donors (Lipinski definition) is 3. The van der Waals surface area contributed by atoms with Gasteiger partial charge in [-0.1, -0.05) is 35.3 Å². The monoisotopic (exact) mass is 578 g/mol. The van der Waals surface area contributed by atoms with Crippen LogP contribution in [-0.2, 0) is 11.3 Å². The summed E-state index contributed by atoms with van der Waals surface area (Å²) in [5.41, 5.74) is 0.902. The van der Waals surface area contributed by atoms with Crippen molar-refractivity contribution < 1.29 is 14.3 Å². The first kappa shape index (κ1) is 26.2. The van der Waals surface area contributed by atoms with Crippen LogP contribution in [0.5, 0.6) is 0 Å². The van der Waals surface area contributed by atoms with Gasteiger partial charge in [0.1, 0.15) is 11.2 Å². The highest BCUT2D eigenvalue weighted by Crippen LogP contribution is 2.29. The summed E-state index contributed by atoms with van der Waals surface area (Å²) in [6.07, 6.45) is 3.96. The number of fused-ring (bicyclic) bond motifs is 3. The number of morpholine rings is 1. The number of ether oxygens (including phenoxy) is 1. The van der Waals surface area contributed by atoms with E-state index in [1.165, 1.54) is 18.2 Å². The summed E-state index contributed by atoms with van der Waals surface area (Å²) in [4.78, 5) is 52.4. The SMILES string of the molecule is O=C(NCc1cccc(Cl)c1)c1ccc(Cl)c(NC(=O)c2cc3cnc(N4C[C@@H]5CC[C@@H](C4)O5)nc3[nH]c2=O)c1. The minimum atomic E-state index is -0.685. The van der Waals surface area contributed by atoms with Gasteiger partial charge in [0.15, 0.2) is 0 Å². The van der Waals surface area contributed by atoms with Gasteiger partial charge in [0.05, 0.1) is 22.9 Å². The highest BCUT2D eigenvalue weighted by atomic mass is 35.5. The normalized spacial score (nSPS) is 18.1. The highest BCUT2D eigenvalue weighted by molar-refractivity contribution is 6.34. The van der Waals surface area contributed by atoms with Gasteiger partial charge in [0.25, 0.3) is 17.4 Å². The lowest BCUT2D eigenvalue weighted by molar-refractivity contribution is 0.0299. The van der Waals surface area contributed by atoms with Gasteiger partial charge in [-0.3, -0.25) is 14.4 Å². The molecule has 4 aromatic rings. The maximum atomic E-state index is 13.1. The van der Waals surface area contributed by atoms with Crippen molar-refractivity contribution in [3.8, 4) is 0 Å². The zero-order valence-corrected chi connectivity index (χ0v) is 22.6. The molecular weight excluding hydrogens is 555 g/mol. The molecule has 2 aromatic heterocycles. The molecule has 2 amide bonds. The van der Waals surface area contributed by atoms with E-state index in [4.69, 9.17) is 27.9 Å². The zero-order chi connectivity index (χ0) is 27.8. The van der Waals surface area contributed by atoms with Crippen LogP contribution < -0.4 is 21.1 Å². The minimum absolute atomic E-state index is 0.139. The standard InChI is InChI=1S/C28H24Cl2N6O4/c29-18-3-1-2-15(8-18)11-31-25(37)16-4-7-22(30)23(10-16)33-26(38)21-9-17-12-32-28(35-24(17)34-27(21)39)36-13-19-5-6-20(14-36)40-19/h1-4,7-10,12,19-20H,5-6,11,13-14H2,(H,31,37)(H,33,38)(H,32,34,35,39)/t19-,20-/m0/s1. The molecule has 0 spiro atoms. The number of aromatic nitrogens is 3. The van der Waals surface area contributed by atoms with E-state index in [-0.39, 0.29) is 46.5 Å². The van der Waals surface area contributed by atoms with Crippen molar-refractivity contribution in [2.24, 2.45) is 0 Å². The van der Waals surface area contributed by atoms with Crippen LogP contribution in [0.3, 0.4) is 0 Å². The number of rotatable bonds is 6. The van der Waals surface area contributed by atoms with E-state index in [1.807, 2.05) is 6.07 Å². The van der Waals surface area contributed by atoms with Crippen LogP contribution in [-0.4, -0.2) is 52.1 Å². The third kappa shape index (κ3) is 5.51. The maximum absolute atomic E-state index is 13.1. The van der Waals surface area contributed by atoms with Crippen LogP contribution in [0.4, 0.5) is 11.6 Å². The number of hydrogen-bond acceptors (Lipinski definition) is 7. The van der Waals surface area contributed by atoms with Gasteiger partial charge in [-0.2, -0.15) is 4.98 Å². The number of H-pyrrole nitrogens is 1. The second kappa shape index (κ2) is 10.9. The van der Waals surface area contributed by atoms with E-state index in [0.29, 0.717) is 35.1 Å². The van der Waals surface area contributed by atoms with Crippen molar-refractivity contribution in [2.75, 3.05) is 23.3 Å². The van der Waals surface area contributed by atoms with Crippen molar-refractivity contribution in [1.82, 2.24) is 20.3 Å². The summed E-state index contributed by atoms with van der Waals surface area (Å²) in [6, 6.07) is 13.1. The van der Waals surface area contributed by atoms with E-state index in [0.717, 1.165) is 18.4 Å². The summed E-state index contributed by atoms with van der Waals surface area (Å²) >= 11 is 12.3. The van der Waals surface area contributed by atoms with Crippen LogP contribution in [0.15, 0.2) is 59.5 Å². The van der Waals surface area contributed by atoms with Crippen LogP contribution in [0.25, 0.3) is 11.0 Å². The molecular formula is C28H24Cl2N6O4. The van der Waals surface area contributed by atoms with E-state index in [9.17, 15) is 14.4 Å². The second-order valence-electron chi connectivity index (χ2n) is 9.81. The van der Waals surface area contributed by atoms with Gasteiger partial charge in [-0.05, 0) is 54.8 Å². The lowest BCUT2D eigenvalue weighted by atomic mass is 10.1. The van der Waals surface area contributed by atoms with Gasteiger partial charge in [-0.15, -0.1) is 0 Å². The fourth-order valence-corrected chi connectivity index (χ4v) is 5.34. The number of halogens is 2. The summed E-state index contributed by atoms with van der Waals surface area (Å²) in [6.45, 7) is 1.67. The maximum Gasteiger partial charge on any atom is 0.262 e. The molecule has 0 aliphatic carbocycles. The van der Waals surface area contributed by atoms with E-state index in [1.54, 1.807) is 30.5 Å². The summed E-state index contributed by atoms with van der Waals surface area (Å²) in [5.74, 6) is -0.537. The number of pyridine rings is 1. The average Bonchev–Trinajstić information content (AvgIpc) is 3.29. The lowest BCUT2D eigenvalue weighted by Gasteiger charge is -2.32. The van der Waals surface area contributed by atoms with Crippen molar-refractivity contribution >= 4 is 57.7 Å². The Hall–Kier alpha value is -3.99. The van der Waals surface area contributed by atoms with E-state index >= 15 is 0 Å². The van der Waals surface area contributed by atoms with E-state index < -0.39 is 11.5 Å². The van der Waals surface area contributed by atoms with Crippen LogP contribution >= 0.6 is 23.2 Å². The first-order chi connectivity index (χ1) is 19.3. The molecule has 40 heavy (non-hydrogen) atoms. The van der Waals surface area contributed by atoms with Crippen molar-refractivity contribution in [1.29, 1.82) is 0 Å². The Bertz CT molecular complexity index is 1680. The highest BCUT2D eigenvalue weighted by Gasteiger charge is 2.34. The molecule has 2 fully saturated rings.